The lowest BCUT2D eigenvalue weighted by Crippen LogP contribution is -2.48. The van der Waals surface area contributed by atoms with Gasteiger partial charge in [-0.15, -0.1) is 0 Å². The van der Waals surface area contributed by atoms with Crippen LogP contribution < -0.4 is 5.32 Å². The van der Waals surface area contributed by atoms with E-state index in [9.17, 15) is 4.79 Å². The Hall–Kier alpha value is -2.33. The van der Waals surface area contributed by atoms with E-state index in [1.807, 2.05) is 54.3 Å². The fraction of sp³-hybridized carbons (Fsp3) is 0.458. The van der Waals surface area contributed by atoms with Gasteiger partial charge in [-0.3, -0.25) is 0 Å². The van der Waals surface area contributed by atoms with Gasteiger partial charge < -0.3 is 15.1 Å². The quantitative estimate of drug-likeness (QED) is 0.709. The van der Waals surface area contributed by atoms with Crippen molar-refractivity contribution < 1.29 is 4.79 Å². The van der Waals surface area contributed by atoms with E-state index >= 15 is 0 Å². The van der Waals surface area contributed by atoms with Crippen LogP contribution in [0.5, 0.6) is 0 Å². The number of hydrogen-bond acceptors (Lipinski definition) is 2. The molecular formula is C24H33N3O. The molecule has 0 saturated carbocycles. The zero-order chi connectivity index (χ0) is 19.8. The Kier molecular flexibility index (Phi) is 7.49. The second-order valence-electron chi connectivity index (χ2n) is 7.84. The van der Waals surface area contributed by atoms with Gasteiger partial charge in [0.25, 0.3) is 0 Å². The van der Waals surface area contributed by atoms with Crippen molar-refractivity contribution in [2.24, 2.45) is 0 Å². The molecule has 0 bridgehead atoms. The Morgan fingerprint density at radius 3 is 2.54 bits per heavy atom. The van der Waals surface area contributed by atoms with E-state index in [0.29, 0.717) is 6.54 Å². The highest BCUT2D eigenvalue weighted by Crippen LogP contribution is 2.21. The Morgan fingerprint density at radius 2 is 1.86 bits per heavy atom. The molecule has 0 spiro atoms. The van der Waals surface area contributed by atoms with Crippen molar-refractivity contribution in [1.29, 1.82) is 0 Å². The van der Waals surface area contributed by atoms with Crippen molar-refractivity contribution in [1.82, 2.24) is 9.80 Å². The van der Waals surface area contributed by atoms with Gasteiger partial charge in [-0.25, -0.2) is 4.79 Å². The van der Waals surface area contributed by atoms with Crippen molar-refractivity contribution in [3.8, 4) is 0 Å². The predicted octanol–water partition coefficient (Wildman–Crippen LogP) is 5.29. The predicted molar refractivity (Wildman–Crippen MR) is 117 cm³/mol. The van der Waals surface area contributed by atoms with Gasteiger partial charge in [0.05, 0.1) is 0 Å². The monoisotopic (exact) mass is 379 g/mol. The molecule has 0 atom stereocenters. The average Bonchev–Trinajstić information content (AvgIpc) is 2.72. The first-order chi connectivity index (χ1) is 13.7. The van der Waals surface area contributed by atoms with Gasteiger partial charge in [-0.2, -0.15) is 0 Å². The summed E-state index contributed by atoms with van der Waals surface area (Å²) >= 11 is 0. The third-order valence-corrected chi connectivity index (χ3v) is 5.55. The lowest BCUT2D eigenvalue weighted by molar-refractivity contribution is 0.122. The van der Waals surface area contributed by atoms with E-state index < -0.39 is 0 Å². The van der Waals surface area contributed by atoms with Crippen LogP contribution in [0.3, 0.4) is 0 Å². The van der Waals surface area contributed by atoms with Crippen molar-refractivity contribution in [2.45, 2.75) is 52.1 Å². The van der Waals surface area contributed by atoms with Gasteiger partial charge in [0.15, 0.2) is 0 Å². The van der Waals surface area contributed by atoms with Crippen LogP contribution in [0.4, 0.5) is 10.5 Å². The summed E-state index contributed by atoms with van der Waals surface area (Å²) in [5.74, 6) is 0. The number of nitrogens with zero attached hydrogens (tertiary/aromatic N) is 2. The molecule has 2 aromatic carbocycles. The number of carbonyl (C=O) groups excluding carboxylic acids is 1. The molecule has 1 fully saturated rings. The number of benzene rings is 2. The number of urea groups is 1. The molecule has 28 heavy (non-hydrogen) atoms. The molecule has 1 aliphatic heterocycles. The van der Waals surface area contributed by atoms with Crippen LogP contribution >= 0.6 is 0 Å². The third kappa shape index (κ3) is 5.83. The summed E-state index contributed by atoms with van der Waals surface area (Å²) in [5.41, 5.74) is 3.19. The number of likely N-dealkylation sites (tertiary alicyclic amines) is 1. The molecule has 0 aromatic heterocycles. The van der Waals surface area contributed by atoms with Crippen molar-refractivity contribution >= 4 is 11.7 Å². The van der Waals surface area contributed by atoms with Crippen molar-refractivity contribution in [3.63, 3.8) is 0 Å². The number of aryl methyl sites for hydroxylation is 1. The Balaban J connectivity index is 1.69. The van der Waals surface area contributed by atoms with E-state index in [2.05, 4.69) is 29.3 Å². The minimum atomic E-state index is 0.00135. The molecule has 2 aromatic rings. The maximum atomic E-state index is 13.2. The molecule has 4 heteroatoms. The molecule has 1 N–H and O–H groups in total. The number of unbranched alkanes of at least 4 members (excludes halogenated alkanes) is 1. The van der Waals surface area contributed by atoms with Crippen LogP contribution in [-0.2, 0) is 6.54 Å². The number of carbonyl (C=O) groups is 1. The van der Waals surface area contributed by atoms with E-state index in [0.717, 1.165) is 37.2 Å². The van der Waals surface area contributed by atoms with Crippen molar-refractivity contribution in [3.05, 3.63) is 65.7 Å². The molecule has 4 nitrogen and oxygen atoms in total. The molecule has 2 amide bonds. The molecule has 1 heterocycles. The first kappa shape index (κ1) is 20.4. The summed E-state index contributed by atoms with van der Waals surface area (Å²) in [7, 11) is 0. The summed E-state index contributed by atoms with van der Waals surface area (Å²) in [4.78, 5) is 17.8. The average molecular weight is 380 g/mol. The number of anilines is 1. The fourth-order valence-corrected chi connectivity index (χ4v) is 3.90. The van der Waals surface area contributed by atoms with Gasteiger partial charge in [0.2, 0.25) is 0 Å². The largest absolute Gasteiger partial charge is 0.322 e. The number of amides is 2. The molecular weight excluding hydrogens is 346 g/mol. The summed E-state index contributed by atoms with van der Waals surface area (Å²) < 4.78 is 0. The van der Waals surface area contributed by atoms with Crippen LogP contribution in [0.25, 0.3) is 0 Å². The van der Waals surface area contributed by atoms with Gasteiger partial charge >= 0.3 is 6.03 Å². The summed E-state index contributed by atoms with van der Waals surface area (Å²) in [5, 5.41) is 3.12. The highest BCUT2D eigenvalue weighted by atomic mass is 16.2. The minimum Gasteiger partial charge on any atom is -0.317 e. The van der Waals surface area contributed by atoms with Gasteiger partial charge in [0, 0.05) is 31.4 Å². The molecule has 1 aliphatic rings. The summed E-state index contributed by atoms with van der Waals surface area (Å²) in [6.07, 6.45) is 4.57. The first-order valence-corrected chi connectivity index (χ1v) is 10.6. The number of rotatable bonds is 7. The maximum Gasteiger partial charge on any atom is 0.322 e. The van der Waals surface area contributed by atoms with Crippen LogP contribution in [0, 0.1) is 6.92 Å². The van der Waals surface area contributed by atoms with Gasteiger partial charge in [0.1, 0.15) is 0 Å². The topological polar surface area (TPSA) is 35.6 Å². The zero-order valence-electron chi connectivity index (χ0n) is 17.2. The molecule has 1 saturated heterocycles. The van der Waals surface area contributed by atoms with Gasteiger partial charge in [-0.1, -0.05) is 55.8 Å². The van der Waals surface area contributed by atoms with Gasteiger partial charge in [-0.05, 0) is 56.0 Å². The smallest absolute Gasteiger partial charge is 0.317 e. The zero-order valence-corrected chi connectivity index (χ0v) is 17.2. The number of hydrogen-bond donors (Lipinski definition) is 1. The SMILES string of the molecule is CCCCN1CCC(N(Cc2ccccc2)C(=O)Nc2cccc(C)c2)CC1. The first-order valence-electron chi connectivity index (χ1n) is 10.6. The summed E-state index contributed by atoms with van der Waals surface area (Å²) in [6.45, 7) is 8.27. The minimum absolute atomic E-state index is 0.00135. The van der Waals surface area contributed by atoms with E-state index in [1.165, 1.54) is 24.9 Å². The third-order valence-electron chi connectivity index (χ3n) is 5.55. The highest BCUT2D eigenvalue weighted by molar-refractivity contribution is 5.89. The highest BCUT2D eigenvalue weighted by Gasteiger charge is 2.28. The van der Waals surface area contributed by atoms with E-state index in [4.69, 9.17) is 0 Å². The number of piperidine rings is 1. The second-order valence-corrected chi connectivity index (χ2v) is 7.84. The normalized spacial score (nSPS) is 15.4. The lowest BCUT2D eigenvalue weighted by Gasteiger charge is -2.38. The summed E-state index contributed by atoms with van der Waals surface area (Å²) in [6, 6.07) is 18.6. The second kappa shape index (κ2) is 10.3. The van der Waals surface area contributed by atoms with Crippen LogP contribution in [0.2, 0.25) is 0 Å². The lowest BCUT2D eigenvalue weighted by atomic mass is 10.0. The fourth-order valence-electron chi connectivity index (χ4n) is 3.90. The Morgan fingerprint density at radius 1 is 1.11 bits per heavy atom. The molecule has 0 radical (unpaired) electrons. The Labute approximate surface area is 169 Å². The maximum absolute atomic E-state index is 13.2. The number of nitrogens with one attached hydrogen (secondary N) is 1. The molecule has 3 rings (SSSR count). The molecule has 0 aliphatic carbocycles. The van der Waals surface area contributed by atoms with Crippen LogP contribution in [0.15, 0.2) is 54.6 Å². The van der Waals surface area contributed by atoms with E-state index in [1.54, 1.807) is 0 Å². The molecule has 0 unspecified atom stereocenters. The molecule has 150 valence electrons. The van der Waals surface area contributed by atoms with Crippen LogP contribution in [-0.4, -0.2) is 41.5 Å². The Bertz CT molecular complexity index is 739. The van der Waals surface area contributed by atoms with Crippen molar-refractivity contribution in [2.75, 3.05) is 25.0 Å². The standard InChI is InChI=1S/C24H33N3O/c1-3-4-15-26-16-13-23(14-17-26)27(19-21-10-6-5-7-11-21)24(28)25-22-12-8-9-20(2)18-22/h5-12,18,23H,3-4,13-17,19H2,1-2H3,(H,25,28). The van der Waals surface area contributed by atoms with Crippen LogP contribution in [0.1, 0.15) is 43.7 Å². The van der Waals surface area contributed by atoms with E-state index in [-0.39, 0.29) is 12.1 Å².